The lowest BCUT2D eigenvalue weighted by atomic mass is 9.98. The molecule has 0 heterocycles. The first kappa shape index (κ1) is 12.7. The van der Waals surface area contributed by atoms with Gasteiger partial charge in [-0.2, -0.15) is 0 Å². The van der Waals surface area contributed by atoms with Crippen LogP contribution in [0.4, 0.5) is 0 Å². The molecule has 16 heavy (non-hydrogen) atoms. The molecule has 0 spiro atoms. The normalized spacial score (nSPS) is 12.2. The van der Waals surface area contributed by atoms with E-state index in [1.807, 2.05) is 19.1 Å². The van der Waals surface area contributed by atoms with Crippen LogP contribution in [0.5, 0.6) is 5.75 Å². The van der Waals surface area contributed by atoms with Crippen molar-refractivity contribution in [1.29, 1.82) is 0 Å². The van der Waals surface area contributed by atoms with E-state index in [1.54, 1.807) is 7.11 Å². The molecule has 1 atom stereocenters. The maximum atomic E-state index is 5.58. The Balaban J connectivity index is 3.06. The van der Waals surface area contributed by atoms with Crippen LogP contribution in [0.25, 0.3) is 0 Å². The molecule has 1 aromatic carbocycles. The fourth-order valence-electron chi connectivity index (χ4n) is 1.73. The number of hydrogen-bond donors (Lipinski definition) is 2. The van der Waals surface area contributed by atoms with E-state index in [-0.39, 0.29) is 6.04 Å². The molecule has 0 aromatic heterocycles. The van der Waals surface area contributed by atoms with E-state index in [0.29, 0.717) is 0 Å². The van der Waals surface area contributed by atoms with E-state index in [2.05, 4.69) is 25.0 Å². The van der Waals surface area contributed by atoms with Gasteiger partial charge in [-0.05, 0) is 26.3 Å². The topological polar surface area (TPSA) is 47.3 Å². The summed E-state index contributed by atoms with van der Waals surface area (Å²) in [6.07, 6.45) is 0.802. The standard InChI is InChI=1S/C13H20N2O/c1-9(2)7-12(15-14)11-8-10(3)5-6-13(11)16-4/h5-6,8,12,15H,1,7,14H2,2-4H3. The molecular weight excluding hydrogens is 200 g/mol. The Bertz CT molecular complexity index is 374. The third kappa shape index (κ3) is 3.08. The molecule has 0 aliphatic carbocycles. The minimum absolute atomic E-state index is 0.0485. The lowest BCUT2D eigenvalue weighted by molar-refractivity contribution is 0.399. The Morgan fingerprint density at radius 2 is 2.25 bits per heavy atom. The number of nitrogens with two attached hydrogens (primary N) is 1. The van der Waals surface area contributed by atoms with Crippen molar-refractivity contribution < 1.29 is 4.74 Å². The second kappa shape index (κ2) is 5.68. The SMILES string of the molecule is C=C(C)CC(NN)c1cc(C)ccc1OC. The fourth-order valence-corrected chi connectivity index (χ4v) is 1.73. The highest BCUT2D eigenvalue weighted by Gasteiger charge is 2.14. The van der Waals surface area contributed by atoms with Gasteiger partial charge >= 0.3 is 0 Å². The van der Waals surface area contributed by atoms with Crippen LogP contribution in [0.2, 0.25) is 0 Å². The smallest absolute Gasteiger partial charge is 0.123 e. The molecule has 0 aliphatic rings. The van der Waals surface area contributed by atoms with E-state index in [1.165, 1.54) is 5.56 Å². The molecule has 0 saturated carbocycles. The van der Waals surface area contributed by atoms with E-state index < -0.39 is 0 Å². The molecule has 88 valence electrons. The molecule has 0 bridgehead atoms. The van der Waals surface area contributed by atoms with Crippen molar-refractivity contribution in [2.24, 2.45) is 5.84 Å². The van der Waals surface area contributed by atoms with Crippen LogP contribution in [0.15, 0.2) is 30.4 Å². The number of ether oxygens (including phenoxy) is 1. The number of nitrogens with one attached hydrogen (secondary N) is 1. The Morgan fingerprint density at radius 1 is 1.56 bits per heavy atom. The highest BCUT2D eigenvalue weighted by Crippen LogP contribution is 2.29. The highest BCUT2D eigenvalue weighted by molar-refractivity contribution is 5.39. The monoisotopic (exact) mass is 220 g/mol. The van der Waals surface area contributed by atoms with E-state index in [9.17, 15) is 0 Å². The molecule has 1 aromatic rings. The first-order valence-electron chi connectivity index (χ1n) is 5.33. The van der Waals surface area contributed by atoms with Crippen LogP contribution in [0.1, 0.15) is 30.5 Å². The van der Waals surface area contributed by atoms with Crippen molar-refractivity contribution >= 4 is 0 Å². The zero-order chi connectivity index (χ0) is 12.1. The number of hydrazine groups is 1. The molecular formula is C13H20N2O. The van der Waals surface area contributed by atoms with Gasteiger partial charge in [-0.15, -0.1) is 6.58 Å². The zero-order valence-electron chi connectivity index (χ0n) is 10.2. The number of benzene rings is 1. The predicted molar refractivity (Wildman–Crippen MR) is 67.2 cm³/mol. The highest BCUT2D eigenvalue weighted by atomic mass is 16.5. The molecule has 0 saturated heterocycles. The first-order valence-corrected chi connectivity index (χ1v) is 5.33. The summed E-state index contributed by atoms with van der Waals surface area (Å²) < 4.78 is 5.34. The van der Waals surface area contributed by atoms with Gasteiger partial charge in [-0.25, -0.2) is 0 Å². The van der Waals surface area contributed by atoms with Gasteiger partial charge in [0.2, 0.25) is 0 Å². The van der Waals surface area contributed by atoms with Crippen molar-refractivity contribution in [3.63, 3.8) is 0 Å². The number of methoxy groups -OCH3 is 1. The third-order valence-electron chi connectivity index (χ3n) is 2.51. The first-order chi connectivity index (χ1) is 7.58. The summed E-state index contributed by atoms with van der Waals surface area (Å²) in [4.78, 5) is 0. The minimum Gasteiger partial charge on any atom is -0.496 e. The number of rotatable bonds is 5. The maximum Gasteiger partial charge on any atom is 0.123 e. The molecule has 0 aliphatic heterocycles. The lowest BCUT2D eigenvalue weighted by Crippen LogP contribution is -2.28. The molecule has 3 nitrogen and oxygen atoms in total. The van der Waals surface area contributed by atoms with E-state index in [4.69, 9.17) is 10.6 Å². The largest absolute Gasteiger partial charge is 0.496 e. The molecule has 0 amide bonds. The average molecular weight is 220 g/mol. The summed E-state index contributed by atoms with van der Waals surface area (Å²) in [6, 6.07) is 6.13. The molecule has 1 unspecified atom stereocenters. The fraction of sp³-hybridized carbons (Fsp3) is 0.385. The summed E-state index contributed by atoms with van der Waals surface area (Å²) in [5.74, 6) is 6.44. The minimum atomic E-state index is 0.0485. The molecule has 1 rings (SSSR count). The van der Waals surface area contributed by atoms with Crippen LogP contribution < -0.4 is 16.0 Å². The third-order valence-corrected chi connectivity index (χ3v) is 2.51. The van der Waals surface area contributed by atoms with Crippen LogP contribution >= 0.6 is 0 Å². The van der Waals surface area contributed by atoms with Crippen molar-refractivity contribution in [3.8, 4) is 5.75 Å². The summed E-state index contributed by atoms with van der Waals surface area (Å²) in [5, 5.41) is 0. The zero-order valence-corrected chi connectivity index (χ0v) is 10.2. The van der Waals surface area contributed by atoms with Crippen LogP contribution in [0.3, 0.4) is 0 Å². The van der Waals surface area contributed by atoms with Gasteiger partial charge < -0.3 is 4.74 Å². The second-order valence-electron chi connectivity index (χ2n) is 4.13. The van der Waals surface area contributed by atoms with Gasteiger partial charge in [0.25, 0.3) is 0 Å². The Hall–Kier alpha value is -1.32. The second-order valence-corrected chi connectivity index (χ2v) is 4.13. The van der Waals surface area contributed by atoms with Crippen LogP contribution in [-0.4, -0.2) is 7.11 Å². The van der Waals surface area contributed by atoms with Crippen molar-refractivity contribution in [1.82, 2.24) is 5.43 Å². The quantitative estimate of drug-likeness (QED) is 0.455. The Morgan fingerprint density at radius 3 is 2.75 bits per heavy atom. The van der Waals surface area contributed by atoms with Crippen molar-refractivity contribution in [2.45, 2.75) is 26.3 Å². The summed E-state index contributed by atoms with van der Waals surface area (Å²) in [7, 11) is 1.67. The van der Waals surface area contributed by atoms with Gasteiger partial charge in [0.05, 0.1) is 13.2 Å². The summed E-state index contributed by atoms with van der Waals surface area (Å²) in [5.41, 5.74) is 6.17. The predicted octanol–water partition coefficient (Wildman–Crippen LogP) is 2.47. The van der Waals surface area contributed by atoms with Crippen molar-refractivity contribution in [2.75, 3.05) is 7.11 Å². The van der Waals surface area contributed by atoms with Gasteiger partial charge in [-0.1, -0.05) is 23.3 Å². The lowest BCUT2D eigenvalue weighted by Gasteiger charge is -2.19. The Labute approximate surface area is 97.3 Å². The average Bonchev–Trinajstić information content (AvgIpc) is 2.25. The van der Waals surface area contributed by atoms with Crippen LogP contribution in [-0.2, 0) is 0 Å². The van der Waals surface area contributed by atoms with E-state index >= 15 is 0 Å². The van der Waals surface area contributed by atoms with Gasteiger partial charge in [0, 0.05) is 5.56 Å². The summed E-state index contributed by atoms with van der Waals surface area (Å²) in [6.45, 7) is 7.96. The maximum absolute atomic E-state index is 5.58. The van der Waals surface area contributed by atoms with E-state index in [0.717, 1.165) is 23.3 Å². The molecule has 0 radical (unpaired) electrons. The van der Waals surface area contributed by atoms with Gasteiger partial charge in [0.1, 0.15) is 5.75 Å². The van der Waals surface area contributed by atoms with Crippen LogP contribution in [0, 0.1) is 6.92 Å². The molecule has 3 heteroatoms. The molecule has 0 fully saturated rings. The Kier molecular flexibility index (Phi) is 4.52. The van der Waals surface area contributed by atoms with Gasteiger partial charge in [0.15, 0.2) is 0 Å². The molecule has 3 N–H and O–H groups in total. The van der Waals surface area contributed by atoms with Gasteiger partial charge in [-0.3, -0.25) is 11.3 Å². The van der Waals surface area contributed by atoms with Crippen molar-refractivity contribution in [3.05, 3.63) is 41.5 Å². The summed E-state index contributed by atoms with van der Waals surface area (Å²) >= 11 is 0. The number of aryl methyl sites for hydroxylation is 1. The number of hydrogen-bond acceptors (Lipinski definition) is 3.